The fourth-order valence-corrected chi connectivity index (χ4v) is 1.17. The van der Waals surface area contributed by atoms with Crippen molar-refractivity contribution in [1.29, 1.82) is 0 Å². The van der Waals surface area contributed by atoms with Crippen LogP contribution in [-0.4, -0.2) is 23.8 Å². The van der Waals surface area contributed by atoms with Gasteiger partial charge in [0.05, 0.1) is 0 Å². The zero-order chi connectivity index (χ0) is 7.94. The number of carbonyl (C=O) groups excluding carboxylic acids is 2. The molecule has 0 aromatic rings. The van der Waals surface area contributed by atoms with Gasteiger partial charge in [-0.1, -0.05) is 6.92 Å². The summed E-state index contributed by atoms with van der Waals surface area (Å²) < 4.78 is 0. The van der Waals surface area contributed by atoms with E-state index in [2.05, 4.69) is 0 Å². The summed E-state index contributed by atoms with van der Waals surface area (Å²) in [7, 11) is 1.52. The minimum atomic E-state index is -0.700. The van der Waals surface area contributed by atoms with E-state index in [0.717, 1.165) is 0 Å². The van der Waals surface area contributed by atoms with E-state index in [1.54, 1.807) is 6.92 Å². The highest BCUT2D eigenvalue weighted by Crippen LogP contribution is 2.34. The molecule has 0 aromatic carbocycles. The predicted molar refractivity (Wildman–Crippen MR) is 36.2 cm³/mol. The highest BCUT2D eigenvalue weighted by Gasteiger charge is 2.54. The van der Waals surface area contributed by atoms with E-state index >= 15 is 0 Å². The zero-order valence-corrected chi connectivity index (χ0v) is 6.47. The van der Waals surface area contributed by atoms with Crippen molar-refractivity contribution in [3.63, 3.8) is 0 Å². The topological polar surface area (TPSA) is 37.4 Å². The van der Waals surface area contributed by atoms with Gasteiger partial charge in [-0.15, -0.1) is 0 Å². The van der Waals surface area contributed by atoms with Crippen LogP contribution < -0.4 is 0 Å². The van der Waals surface area contributed by atoms with Crippen molar-refractivity contribution in [2.75, 3.05) is 7.05 Å². The summed E-state index contributed by atoms with van der Waals surface area (Å²) >= 11 is 0. The second-order valence-electron chi connectivity index (χ2n) is 2.85. The van der Waals surface area contributed by atoms with Gasteiger partial charge in [0.1, 0.15) is 5.41 Å². The van der Waals surface area contributed by atoms with Crippen LogP contribution in [0.2, 0.25) is 0 Å². The van der Waals surface area contributed by atoms with Gasteiger partial charge in [0, 0.05) is 7.05 Å². The van der Waals surface area contributed by atoms with Gasteiger partial charge in [0.25, 0.3) is 0 Å². The smallest absolute Gasteiger partial charge is 0.244 e. The van der Waals surface area contributed by atoms with Crippen molar-refractivity contribution in [3.05, 3.63) is 0 Å². The van der Waals surface area contributed by atoms with Crippen LogP contribution in [0.4, 0.5) is 0 Å². The van der Waals surface area contributed by atoms with Crippen LogP contribution in [0.25, 0.3) is 0 Å². The Bertz CT molecular complexity index is 182. The molecule has 1 heterocycles. The molecule has 0 bridgehead atoms. The Hall–Kier alpha value is -0.860. The van der Waals surface area contributed by atoms with Crippen LogP contribution in [0.15, 0.2) is 0 Å². The number of β-lactam (4-membered cyclic amide) rings is 2. The van der Waals surface area contributed by atoms with Gasteiger partial charge in [-0.05, 0) is 13.3 Å². The first kappa shape index (κ1) is 7.25. The van der Waals surface area contributed by atoms with E-state index < -0.39 is 5.41 Å². The van der Waals surface area contributed by atoms with E-state index in [9.17, 15) is 9.59 Å². The molecule has 0 aromatic heterocycles. The molecule has 0 atom stereocenters. The quantitative estimate of drug-likeness (QED) is 0.391. The van der Waals surface area contributed by atoms with Crippen molar-refractivity contribution in [2.24, 2.45) is 5.41 Å². The molecule has 0 saturated carbocycles. The summed E-state index contributed by atoms with van der Waals surface area (Å²) in [4.78, 5) is 23.2. The molecule has 56 valence electrons. The fourth-order valence-electron chi connectivity index (χ4n) is 1.17. The summed E-state index contributed by atoms with van der Waals surface area (Å²) in [6, 6.07) is 0. The Balaban J connectivity index is 2.84. The molecule has 1 saturated heterocycles. The number of rotatable bonds is 1. The van der Waals surface area contributed by atoms with Crippen molar-refractivity contribution < 1.29 is 9.59 Å². The maximum absolute atomic E-state index is 11.0. The lowest BCUT2D eigenvalue weighted by atomic mass is 9.78. The third-order valence-electron chi connectivity index (χ3n) is 2.26. The van der Waals surface area contributed by atoms with Gasteiger partial charge in [-0.2, -0.15) is 0 Å². The van der Waals surface area contributed by atoms with E-state index in [0.29, 0.717) is 6.42 Å². The lowest BCUT2D eigenvalue weighted by Crippen LogP contribution is -2.62. The van der Waals surface area contributed by atoms with Crippen LogP contribution in [0.1, 0.15) is 20.3 Å². The van der Waals surface area contributed by atoms with E-state index in [-0.39, 0.29) is 11.8 Å². The molecule has 1 fully saturated rings. The summed E-state index contributed by atoms with van der Waals surface area (Å²) in [6.07, 6.45) is 0.606. The fraction of sp³-hybridized carbons (Fsp3) is 0.714. The van der Waals surface area contributed by atoms with Crippen LogP contribution in [0.5, 0.6) is 0 Å². The highest BCUT2D eigenvalue weighted by molar-refractivity contribution is 6.20. The molecule has 1 rings (SSSR count). The first-order valence-corrected chi connectivity index (χ1v) is 3.36. The monoisotopic (exact) mass is 141 g/mol. The molecule has 3 nitrogen and oxygen atoms in total. The van der Waals surface area contributed by atoms with Gasteiger partial charge in [0.15, 0.2) is 0 Å². The molecule has 0 aliphatic carbocycles. The third-order valence-corrected chi connectivity index (χ3v) is 2.26. The van der Waals surface area contributed by atoms with E-state index in [1.165, 1.54) is 11.9 Å². The van der Waals surface area contributed by atoms with Crippen molar-refractivity contribution >= 4 is 11.8 Å². The first-order chi connectivity index (χ1) is 4.54. The zero-order valence-electron chi connectivity index (χ0n) is 6.47. The number of hydrogen-bond donors (Lipinski definition) is 0. The lowest BCUT2D eigenvalue weighted by Gasteiger charge is -2.41. The largest absolute Gasteiger partial charge is 0.284 e. The molecule has 0 spiro atoms. The Morgan fingerprint density at radius 2 is 1.80 bits per heavy atom. The normalized spacial score (nSPS) is 22.9. The molecule has 0 unspecified atom stereocenters. The third kappa shape index (κ3) is 0.549. The van der Waals surface area contributed by atoms with Gasteiger partial charge in [-0.25, -0.2) is 0 Å². The highest BCUT2D eigenvalue weighted by atomic mass is 16.2. The number of nitrogens with zero attached hydrogens (tertiary/aromatic N) is 1. The minimum Gasteiger partial charge on any atom is -0.284 e. The minimum absolute atomic E-state index is 0.0556. The summed E-state index contributed by atoms with van der Waals surface area (Å²) in [5.74, 6) is -0.111. The molecule has 3 heteroatoms. The van der Waals surface area contributed by atoms with E-state index in [4.69, 9.17) is 0 Å². The number of likely N-dealkylation sites (tertiary alicyclic amines) is 1. The lowest BCUT2D eigenvalue weighted by molar-refractivity contribution is -0.173. The number of amides is 2. The average Bonchev–Trinajstić information content (AvgIpc) is 2.00. The van der Waals surface area contributed by atoms with Crippen molar-refractivity contribution in [1.82, 2.24) is 4.90 Å². The maximum Gasteiger partial charge on any atom is 0.244 e. The van der Waals surface area contributed by atoms with Gasteiger partial charge in [0.2, 0.25) is 11.8 Å². The first-order valence-electron chi connectivity index (χ1n) is 3.36. The number of imide groups is 1. The van der Waals surface area contributed by atoms with Crippen molar-refractivity contribution in [3.8, 4) is 0 Å². The van der Waals surface area contributed by atoms with E-state index in [1.807, 2.05) is 6.92 Å². The second-order valence-corrected chi connectivity index (χ2v) is 2.85. The Morgan fingerprint density at radius 3 is 2.00 bits per heavy atom. The Kier molecular flexibility index (Phi) is 1.31. The average molecular weight is 141 g/mol. The number of carbonyl (C=O) groups is 2. The molecule has 10 heavy (non-hydrogen) atoms. The summed E-state index contributed by atoms with van der Waals surface area (Å²) in [6.45, 7) is 3.54. The molecular weight excluding hydrogens is 130 g/mol. The van der Waals surface area contributed by atoms with Crippen LogP contribution >= 0.6 is 0 Å². The van der Waals surface area contributed by atoms with Gasteiger partial charge < -0.3 is 0 Å². The molecule has 1 aliphatic rings. The SMILES string of the molecule is CCC1(C)C(=O)N(C)C1=O. The summed E-state index contributed by atoms with van der Waals surface area (Å²) in [5.41, 5.74) is -0.700. The van der Waals surface area contributed by atoms with Crippen molar-refractivity contribution in [2.45, 2.75) is 20.3 Å². The van der Waals surface area contributed by atoms with Crippen LogP contribution in [0, 0.1) is 5.41 Å². The molecule has 0 N–H and O–H groups in total. The maximum atomic E-state index is 11.0. The summed E-state index contributed by atoms with van der Waals surface area (Å²) in [5, 5.41) is 0. The second kappa shape index (κ2) is 1.81. The molecule has 1 aliphatic heterocycles. The Morgan fingerprint density at radius 1 is 1.40 bits per heavy atom. The molecule has 0 radical (unpaired) electrons. The van der Waals surface area contributed by atoms with Gasteiger partial charge in [-0.3, -0.25) is 14.5 Å². The standard InChI is InChI=1S/C7H11NO2/c1-4-7(2)5(9)8(3)6(7)10/h4H2,1-3H3. The Labute approximate surface area is 60.0 Å². The molecular formula is C7H11NO2. The molecule has 2 amide bonds. The van der Waals surface area contributed by atoms with Crippen LogP contribution in [-0.2, 0) is 9.59 Å². The number of hydrogen-bond acceptors (Lipinski definition) is 2. The van der Waals surface area contributed by atoms with Gasteiger partial charge >= 0.3 is 0 Å². The van der Waals surface area contributed by atoms with Crippen LogP contribution in [0.3, 0.4) is 0 Å². The predicted octanol–water partition coefficient (Wildman–Crippen LogP) is 0.401.